The molecular weight excluding hydrogens is 498 g/mol. The number of carbonyl (C=O) groups excluding carboxylic acids is 2. The van der Waals surface area contributed by atoms with Crippen molar-refractivity contribution in [2.45, 2.75) is 69.8 Å². The Labute approximate surface area is 235 Å². The summed E-state index contributed by atoms with van der Waals surface area (Å²) in [6, 6.07) is 27.6. The first-order valence-corrected chi connectivity index (χ1v) is 14.4. The van der Waals surface area contributed by atoms with Crippen LogP contribution in [0.25, 0.3) is 0 Å². The summed E-state index contributed by atoms with van der Waals surface area (Å²) in [6.45, 7) is 1.93. The summed E-state index contributed by atoms with van der Waals surface area (Å²) in [7, 11) is 0. The first-order valence-electron chi connectivity index (χ1n) is 14.4. The molecule has 1 heterocycles. The van der Waals surface area contributed by atoms with Crippen molar-refractivity contribution < 1.29 is 19.1 Å². The molecule has 0 spiro atoms. The van der Waals surface area contributed by atoms with Crippen molar-refractivity contribution in [2.24, 2.45) is 0 Å². The molecule has 1 saturated carbocycles. The summed E-state index contributed by atoms with van der Waals surface area (Å²) in [5, 5.41) is 3.48. The number of ketones is 1. The van der Waals surface area contributed by atoms with Gasteiger partial charge in [-0.2, -0.15) is 0 Å². The second-order valence-corrected chi connectivity index (χ2v) is 11.1. The van der Waals surface area contributed by atoms with E-state index in [1.165, 1.54) is 6.42 Å². The number of para-hydroxylation sites is 1. The van der Waals surface area contributed by atoms with E-state index in [4.69, 9.17) is 9.47 Å². The van der Waals surface area contributed by atoms with Gasteiger partial charge in [-0.05, 0) is 80.3 Å². The van der Waals surface area contributed by atoms with Gasteiger partial charge in [-0.1, -0.05) is 67.1 Å². The molecule has 1 aliphatic heterocycles. The highest BCUT2D eigenvalue weighted by Gasteiger charge is 2.42. The molecule has 6 rings (SSSR count). The smallest absolute Gasteiger partial charge is 0.337 e. The lowest BCUT2D eigenvalue weighted by molar-refractivity contribution is -0.146. The van der Waals surface area contributed by atoms with Gasteiger partial charge in [0.15, 0.2) is 5.78 Å². The number of ether oxygens (including phenoxy) is 2. The van der Waals surface area contributed by atoms with Gasteiger partial charge in [0.25, 0.3) is 0 Å². The molecule has 0 saturated heterocycles. The van der Waals surface area contributed by atoms with Crippen LogP contribution in [0.3, 0.4) is 0 Å². The van der Waals surface area contributed by atoms with Crippen LogP contribution in [0.1, 0.15) is 74.8 Å². The topological polar surface area (TPSA) is 64.6 Å². The number of carbonyl (C=O) groups is 2. The third-order valence-corrected chi connectivity index (χ3v) is 8.31. The average Bonchev–Trinajstić information content (AvgIpc) is 2.98. The quantitative estimate of drug-likeness (QED) is 0.329. The average molecular weight is 534 g/mol. The van der Waals surface area contributed by atoms with E-state index in [-0.39, 0.29) is 23.8 Å². The third kappa shape index (κ3) is 5.46. The van der Waals surface area contributed by atoms with Crippen LogP contribution in [0.2, 0.25) is 0 Å². The minimum absolute atomic E-state index is 0.0671. The number of esters is 1. The Kier molecular flexibility index (Phi) is 7.54. The molecule has 204 valence electrons. The number of dihydropyridines is 1. The number of allylic oxidation sites excluding steroid dienone is 3. The molecule has 0 aromatic heterocycles. The zero-order valence-corrected chi connectivity index (χ0v) is 22.9. The molecule has 3 aromatic rings. The van der Waals surface area contributed by atoms with Crippen molar-refractivity contribution in [3.63, 3.8) is 0 Å². The molecular formula is C35H35NO4. The lowest BCUT2D eigenvalue weighted by Crippen LogP contribution is -2.37. The Morgan fingerprint density at radius 1 is 0.800 bits per heavy atom. The lowest BCUT2D eigenvalue weighted by Gasteiger charge is -2.37. The number of Topliss-reactive ketones (excluding diaryl/α,β-unsaturated/α-hetero) is 1. The molecule has 1 N–H and O–H groups in total. The second-order valence-electron chi connectivity index (χ2n) is 11.1. The number of benzene rings is 3. The Morgan fingerprint density at radius 3 is 2.23 bits per heavy atom. The van der Waals surface area contributed by atoms with Gasteiger partial charge in [-0.25, -0.2) is 4.79 Å². The maximum atomic E-state index is 13.9. The van der Waals surface area contributed by atoms with Gasteiger partial charge in [-0.3, -0.25) is 4.79 Å². The number of hydrogen-bond acceptors (Lipinski definition) is 5. The van der Waals surface area contributed by atoms with Crippen LogP contribution >= 0.6 is 0 Å². The van der Waals surface area contributed by atoms with Gasteiger partial charge in [0, 0.05) is 29.3 Å². The van der Waals surface area contributed by atoms with E-state index in [0.717, 1.165) is 54.0 Å². The number of hydrogen-bond donors (Lipinski definition) is 1. The van der Waals surface area contributed by atoms with E-state index >= 15 is 0 Å². The van der Waals surface area contributed by atoms with Gasteiger partial charge in [0.05, 0.1) is 5.57 Å². The normalized spacial score (nSPS) is 21.5. The van der Waals surface area contributed by atoms with E-state index in [1.807, 2.05) is 79.7 Å². The highest BCUT2D eigenvalue weighted by Crippen LogP contribution is 2.46. The van der Waals surface area contributed by atoms with Crippen LogP contribution in [-0.4, -0.2) is 17.9 Å². The molecule has 1 fully saturated rings. The fraction of sp³-hybridized carbons (Fsp3) is 0.314. The molecule has 3 aliphatic rings. The standard InChI is InChI=1S/C35H35NO4/c1-23-32(35(38)40-28-17-9-4-10-18-28)33(25-14-11-19-29(20-25)39-27-15-7-3-8-16-27)34-30(36-23)21-26(22-31(34)37)24-12-5-2-6-13-24/h2-3,5-8,11-16,19-20,26,28,33,36H,4,9-10,17-18,21-22H2,1H3/t26-,33-/m0/s1. The molecule has 2 aliphatic carbocycles. The predicted molar refractivity (Wildman–Crippen MR) is 155 cm³/mol. The fourth-order valence-electron chi connectivity index (χ4n) is 6.38. The van der Waals surface area contributed by atoms with E-state index in [9.17, 15) is 9.59 Å². The summed E-state index contributed by atoms with van der Waals surface area (Å²) < 4.78 is 12.2. The minimum Gasteiger partial charge on any atom is -0.459 e. The molecule has 0 bridgehead atoms. The summed E-state index contributed by atoms with van der Waals surface area (Å²) in [4.78, 5) is 27.8. The van der Waals surface area contributed by atoms with Crippen LogP contribution in [0.15, 0.2) is 107 Å². The molecule has 0 unspecified atom stereocenters. The van der Waals surface area contributed by atoms with E-state index < -0.39 is 5.92 Å². The van der Waals surface area contributed by atoms with E-state index in [0.29, 0.717) is 29.7 Å². The van der Waals surface area contributed by atoms with Crippen molar-refractivity contribution in [2.75, 3.05) is 0 Å². The first kappa shape index (κ1) is 26.1. The highest BCUT2D eigenvalue weighted by molar-refractivity contribution is 6.04. The van der Waals surface area contributed by atoms with Gasteiger partial charge >= 0.3 is 5.97 Å². The van der Waals surface area contributed by atoms with Crippen LogP contribution in [-0.2, 0) is 14.3 Å². The second kappa shape index (κ2) is 11.5. The Balaban J connectivity index is 1.38. The SMILES string of the molecule is CC1=C(C(=O)OC2CCCCC2)[C@H](c2cccc(Oc3ccccc3)c2)C2=C(C[C@H](c3ccccc3)CC2=O)N1. The predicted octanol–water partition coefficient (Wildman–Crippen LogP) is 7.72. The molecule has 0 radical (unpaired) electrons. The maximum absolute atomic E-state index is 13.9. The minimum atomic E-state index is -0.518. The van der Waals surface area contributed by atoms with E-state index in [1.54, 1.807) is 0 Å². The van der Waals surface area contributed by atoms with Crippen LogP contribution in [0.5, 0.6) is 11.5 Å². The fourth-order valence-corrected chi connectivity index (χ4v) is 6.38. The van der Waals surface area contributed by atoms with Crippen molar-refractivity contribution in [1.29, 1.82) is 0 Å². The monoisotopic (exact) mass is 533 g/mol. The van der Waals surface area contributed by atoms with Gasteiger partial charge in [0.2, 0.25) is 0 Å². The number of nitrogens with one attached hydrogen (secondary N) is 1. The third-order valence-electron chi connectivity index (χ3n) is 8.31. The largest absolute Gasteiger partial charge is 0.459 e. The van der Waals surface area contributed by atoms with Crippen LogP contribution in [0.4, 0.5) is 0 Å². The zero-order chi connectivity index (χ0) is 27.5. The van der Waals surface area contributed by atoms with E-state index in [2.05, 4.69) is 17.4 Å². The summed E-state index contributed by atoms with van der Waals surface area (Å²) in [6.07, 6.45) is 6.16. The Bertz CT molecular complexity index is 1450. The maximum Gasteiger partial charge on any atom is 0.337 e. The molecule has 3 aromatic carbocycles. The summed E-state index contributed by atoms with van der Waals surface area (Å²) in [5.74, 6) is 0.700. The Hall–Kier alpha value is -4.12. The van der Waals surface area contributed by atoms with Crippen molar-refractivity contribution >= 4 is 11.8 Å². The highest BCUT2D eigenvalue weighted by atomic mass is 16.5. The zero-order valence-electron chi connectivity index (χ0n) is 22.9. The van der Waals surface area contributed by atoms with Gasteiger partial charge in [0.1, 0.15) is 17.6 Å². The number of rotatable bonds is 6. The van der Waals surface area contributed by atoms with Gasteiger partial charge < -0.3 is 14.8 Å². The van der Waals surface area contributed by atoms with Crippen molar-refractivity contribution in [1.82, 2.24) is 5.32 Å². The lowest BCUT2D eigenvalue weighted by atomic mass is 9.71. The Morgan fingerprint density at radius 2 is 1.48 bits per heavy atom. The molecule has 40 heavy (non-hydrogen) atoms. The molecule has 5 heteroatoms. The first-order chi connectivity index (χ1) is 19.6. The van der Waals surface area contributed by atoms with Gasteiger partial charge in [-0.15, -0.1) is 0 Å². The molecule has 5 nitrogen and oxygen atoms in total. The summed E-state index contributed by atoms with van der Waals surface area (Å²) >= 11 is 0. The molecule has 0 amide bonds. The summed E-state index contributed by atoms with van der Waals surface area (Å²) in [5.41, 5.74) is 4.85. The molecule has 2 atom stereocenters. The van der Waals surface area contributed by atoms with Crippen LogP contribution < -0.4 is 10.1 Å². The van der Waals surface area contributed by atoms with Crippen LogP contribution in [0, 0.1) is 0 Å². The van der Waals surface area contributed by atoms with Crippen molar-refractivity contribution in [3.05, 3.63) is 119 Å². The van der Waals surface area contributed by atoms with Crippen molar-refractivity contribution in [3.8, 4) is 11.5 Å².